The second-order valence-corrected chi connectivity index (χ2v) is 28.2. The summed E-state index contributed by atoms with van der Waals surface area (Å²) in [5, 5.41) is 0. The largest absolute Gasteiger partial charge is 1.00 e. The van der Waals surface area contributed by atoms with Crippen LogP contribution in [0.5, 0.6) is 0 Å². The maximum Gasteiger partial charge on any atom is -1.00 e. The number of unbranched alkanes of at least 4 members (excludes halogenated alkanes) is 2. The van der Waals surface area contributed by atoms with Crippen LogP contribution in [0.25, 0.3) is 0 Å². The fourth-order valence-corrected chi connectivity index (χ4v) is 26.5. The van der Waals surface area contributed by atoms with Crippen molar-refractivity contribution >= 4 is 5.92 Å². The first-order valence-electron chi connectivity index (χ1n) is 10.1. The molecule has 0 radical (unpaired) electrons. The molecule has 0 amide bonds. The summed E-state index contributed by atoms with van der Waals surface area (Å²) in [5.74, 6) is -0.552. The Morgan fingerprint density at radius 2 is 1.19 bits per heavy atom. The van der Waals surface area contributed by atoms with Gasteiger partial charge in [0.1, 0.15) is 0 Å². The van der Waals surface area contributed by atoms with Crippen LogP contribution in [0.3, 0.4) is 0 Å². The standard InChI is InChI=1S/2C10H15.C2H7Si.2ClH.Zr/c2*1-3-4-7-10-8-5-6-9(10)2;1-3-2;;;/h2*5-6,8H,3-4,7H2,1-2H3;3H,1-2H3;2*1H;/q;;;;;+2/p-2. The van der Waals surface area contributed by atoms with E-state index >= 15 is 0 Å². The van der Waals surface area contributed by atoms with Crippen LogP contribution in [0.15, 0.2) is 46.6 Å². The zero-order valence-corrected chi connectivity index (χ0v) is 22.7. The Kier molecular flexibility index (Phi) is 13.3. The van der Waals surface area contributed by atoms with Gasteiger partial charge in [0.25, 0.3) is 0 Å². The topological polar surface area (TPSA) is 0 Å². The van der Waals surface area contributed by atoms with Gasteiger partial charge in [0.05, 0.1) is 0 Å². The monoisotopic (exact) mass is 489 g/mol. The molecule has 0 aromatic rings. The van der Waals surface area contributed by atoms with Gasteiger partial charge in [-0.1, -0.05) is 0 Å². The molecule has 2 aliphatic rings. The first kappa shape index (κ1) is 26.6. The van der Waals surface area contributed by atoms with Crippen LogP contribution in [0, 0.1) is 0 Å². The molecule has 0 fully saturated rings. The Morgan fingerprint density at radius 1 is 0.808 bits per heavy atom. The summed E-state index contributed by atoms with van der Waals surface area (Å²) in [7, 11) is 0. The molecule has 0 spiro atoms. The van der Waals surface area contributed by atoms with Gasteiger partial charge in [-0.15, -0.1) is 0 Å². The van der Waals surface area contributed by atoms with Gasteiger partial charge >= 0.3 is 160 Å². The molecule has 2 atom stereocenters. The minimum absolute atomic E-state index is 0. The van der Waals surface area contributed by atoms with Crippen LogP contribution in [0.2, 0.25) is 20.3 Å². The van der Waals surface area contributed by atoms with Crippen molar-refractivity contribution in [2.45, 2.75) is 86.6 Å². The van der Waals surface area contributed by atoms with E-state index < -0.39 is 26.8 Å². The average Bonchev–Trinajstić information content (AvgIpc) is 3.08. The molecule has 0 aromatic heterocycles. The van der Waals surface area contributed by atoms with Gasteiger partial charge in [0.2, 0.25) is 0 Å². The van der Waals surface area contributed by atoms with Gasteiger partial charge in [-0.05, 0) is 0 Å². The molecular formula is C22H37Cl2SiZr. The summed E-state index contributed by atoms with van der Waals surface area (Å²) < 4.78 is 1.78. The molecule has 0 saturated heterocycles. The fourth-order valence-electron chi connectivity index (χ4n) is 4.31. The van der Waals surface area contributed by atoms with E-state index in [1.54, 1.807) is 22.3 Å². The molecule has 0 nitrogen and oxygen atoms in total. The minimum Gasteiger partial charge on any atom is -1.00 e. The zero-order valence-electron chi connectivity index (χ0n) is 17.5. The Morgan fingerprint density at radius 3 is 1.50 bits per heavy atom. The van der Waals surface area contributed by atoms with Crippen LogP contribution < -0.4 is 24.8 Å². The predicted octanol–water partition coefficient (Wildman–Crippen LogP) is 1.33. The van der Waals surface area contributed by atoms with E-state index in [0.717, 1.165) is 7.25 Å². The van der Waals surface area contributed by atoms with Crippen LogP contribution in [0.1, 0.15) is 66.2 Å². The number of rotatable bonds is 9. The van der Waals surface area contributed by atoms with E-state index in [1.165, 1.54) is 38.5 Å². The molecule has 0 bridgehead atoms. The Hall–Kier alpha value is 0.640. The van der Waals surface area contributed by atoms with E-state index in [1.807, 2.05) is 0 Å². The second kappa shape index (κ2) is 13.0. The normalized spacial score (nSPS) is 21.5. The van der Waals surface area contributed by atoms with Crippen molar-refractivity contribution in [2.24, 2.45) is 0 Å². The predicted molar refractivity (Wildman–Crippen MR) is 109 cm³/mol. The van der Waals surface area contributed by atoms with E-state index in [4.69, 9.17) is 0 Å². The van der Waals surface area contributed by atoms with Crippen LogP contribution in [0.4, 0.5) is 0 Å². The molecule has 0 aliphatic heterocycles. The number of halogens is 2. The third kappa shape index (κ3) is 6.33. The first-order valence-corrected chi connectivity index (χ1v) is 20.1. The smallest absolute Gasteiger partial charge is 1.00 e. The maximum atomic E-state index is 2.64. The summed E-state index contributed by atoms with van der Waals surface area (Å²) in [4.78, 5) is 0. The van der Waals surface area contributed by atoms with E-state index in [0.29, 0.717) is 0 Å². The molecule has 2 unspecified atom stereocenters. The Labute approximate surface area is 183 Å². The number of hydrogen-bond donors (Lipinski definition) is 0. The second-order valence-electron chi connectivity index (χ2n) is 7.95. The zero-order chi connectivity index (χ0) is 17.7. The van der Waals surface area contributed by atoms with Crippen LogP contribution in [-0.2, 0) is 20.9 Å². The van der Waals surface area contributed by atoms with Crippen LogP contribution in [-0.4, -0.2) is 5.92 Å². The van der Waals surface area contributed by atoms with Crippen molar-refractivity contribution in [3.63, 3.8) is 0 Å². The van der Waals surface area contributed by atoms with Gasteiger partial charge in [0.15, 0.2) is 0 Å². The van der Waals surface area contributed by atoms with Crippen molar-refractivity contribution in [3.05, 3.63) is 46.6 Å². The molecule has 0 aromatic carbocycles. The fraction of sp³-hybridized carbons (Fsp3) is 0.636. The molecule has 2 aliphatic carbocycles. The summed E-state index contributed by atoms with van der Waals surface area (Å²) in [5.41, 5.74) is 6.90. The summed E-state index contributed by atoms with van der Waals surface area (Å²) in [6.45, 7) is 14.8. The van der Waals surface area contributed by atoms with Gasteiger partial charge in [-0.3, -0.25) is 0 Å². The quantitative estimate of drug-likeness (QED) is 0.427. The summed E-state index contributed by atoms with van der Waals surface area (Å²) in [6, 6.07) is 0. The van der Waals surface area contributed by atoms with E-state index in [-0.39, 0.29) is 24.8 Å². The molecule has 147 valence electrons. The summed E-state index contributed by atoms with van der Waals surface area (Å²) in [6.07, 6.45) is 18.2. The summed E-state index contributed by atoms with van der Waals surface area (Å²) >= 11 is -1.52. The minimum atomic E-state index is -1.52. The van der Waals surface area contributed by atoms with Crippen molar-refractivity contribution in [1.82, 2.24) is 0 Å². The van der Waals surface area contributed by atoms with Crippen molar-refractivity contribution in [3.8, 4) is 0 Å². The van der Waals surface area contributed by atoms with E-state index in [9.17, 15) is 0 Å². The van der Waals surface area contributed by atoms with Gasteiger partial charge in [-0.2, -0.15) is 0 Å². The Balaban J connectivity index is 0.00000312. The first-order chi connectivity index (χ1) is 11.5. The average molecular weight is 492 g/mol. The molecule has 26 heavy (non-hydrogen) atoms. The molecule has 2 rings (SSSR count). The molecule has 0 heterocycles. The maximum absolute atomic E-state index is 2.64. The van der Waals surface area contributed by atoms with E-state index in [2.05, 4.69) is 65.1 Å². The van der Waals surface area contributed by atoms with Gasteiger partial charge in [0, 0.05) is 0 Å². The van der Waals surface area contributed by atoms with Crippen LogP contribution >= 0.6 is 0 Å². The Bertz CT molecular complexity index is 514. The third-order valence-electron chi connectivity index (χ3n) is 5.91. The van der Waals surface area contributed by atoms with Gasteiger partial charge in [-0.25, -0.2) is 0 Å². The molecular weight excluding hydrogens is 454 g/mol. The molecule has 4 heteroatoms. The number of allylic oxidation sites excluding steroid dienone is 8. The van der Waals surface area contributed by atoms with Gasteiger partial charge < -0.3 is 24.8 Å². The third-order valence-corrected chi connectivity index (χ3v) is 27.9. The number of hydrogen-bond acceptors (Lipinski definition) is 0. The molecule has 0 saturated carbocycles. The SMILES string of the molecule is CCCCC1=C(C)[CH]([Zr+2]([CH]2C=CC(CCCC)=C2C)[SiH](C)C)C=C1.[Cl-].[Cl-]. The van der Waals surface area contributed by atoms with Crippen molar-refractivity contribution in [1.29, 1.82) is 0 Å². The van der Waals surface area contributed by atoms with Crippen molar-refractivity contribution < 1.29 is 45.7 Å². The van der Waals surface area contributed by atoms with Crippen molar-refractivity contribution in [2.75, 3.05) is 0 Å². The molecule has 0 N–H and O–H groups in total.